The number of ether oxygens (including phenoxy) is 1. The van der Waals surface area contributed by atoms with Crippen molar-refractivity contribution in [3.8, 4) is 5.75 Å². The molecule has 0 aliphatic heterocycles. The number of methoxy groups -OCH3 is 1. The summed E-state index contributed by atoms with van der Waals surface area (Å²) >= 11 is 9.38. The molecule has 6 heteroatoms. The molecule has 2 aromatic rings. The number of nitrogens with one attached hydrogen (secondary N) is 1. The molecule has 0 saturated carbocycles. The third kappa shape index (κ3) is 3.12. The Bertz CT molecular complexity index is 624. The Morgan fingerprint density at radius 1 is 1.30 bits per heavy atom. The predicted octanol–water partition coefficient (Wildman–Crippen LogP) is 3.80. The zero-order valence-electron chi connectivity index (χ0n) is 10.7. The Labute approximate surface area is 130 Å². The lowest BCUT2D eigenvalue weighted by molar-refractivity contribution is 0.410. The minimum Gasteiger partial charge on any atom is -0.497 e. The number of halogens is 3. The van der Waals surface area contributed by atoms with E-state index < -0.39 is 11.9 Å². The Kier molecular flexibility index (Phi) is 4.99. The highest BCUT2D eigenvalue weighted by Crippen LogP contribution is 2.30. The summed E-state index contributed by atoms with van der Waals surface area (Å²) in [5.41, 5.74) is 3.80. The van der Waals surface area contributed by atoms with E-state index in [4.69, 9.17) is 22.2 Å². The lowest BCUT2D eigenvalue weighted by atomic mass is 9.98. The largest absolute Gasteiger partial charge is 0.497 e. The van der Waals surface area contributed by atoms with Crippen LogP contribution in [-0.4, -0.2) is 7.11 Å². The van der Waals surface area contributed by atoms with Crippen molar-refractivity contribution in [2.75, 3.05) is 7.11 Å². The fourth-order valence-electron chi connectivity index (χ4n) is 1.93. The summed E-state index contributed by atoms with van der Waals surface area (Å²) in [5.74, 6) is 5.62. The van der Waals surface area contributed by atoms with Gasteiger partial charge in [0.2, 0.25) is 0 Å². The molecular formula is C14H13BrClFN2O. The van der Waals surface area contributed by atoms with Crippen LogP contribution in [0.5, 0.6) is 5.75 Å². The van der Waals surface area contributed by atoms with Crippen molar-refractivity contribution in [1.82, 2.24) is 5.43 Å². The normalized spacial score (nSPS) is 12.2. The molecule has 0 spiro atoms. The molecule has 1 unspecified atom stereocenters. The monoisotopic (exact) mass is 358 g/mol. The number of nitrogens with two attached hydrogens (primary N) is 1. The first-order valence-electron chi connectivity index (χ1n) is 5.81. The van der Waals surface area contributed by atoms with Gasteiger partial charge in [0, 0.05) is 16.1 Å². The van der Waals surface area contributed by atoms with Gasteiger partial charge in [-0.15, -0.1) is 0 Å². The number of benzene rings is 2. The van der Waals surface area contributed by atoms with Gasteiger partial charge in [-0.3, -0.25) is 5.84 Å². The average molecular weight is 360 g/mol. The van der Waals surface area contributed by atoms with Crippen LogP contribution in [0.1, 0.15) is 17.2 Å². The van der Waals surface area contributed by atoms with Crippen LogP contribution in [0.4, 0.5) is 4.39 Å². The first-order valence-corrected chi connectivity index (χ1v) is 6.98. The van der Waals surface area contributed by atoms with E-state index in [1.807, 2.05) is 6.07 Å². The van der Waals surface area contributed by atoms with Gasteiger partial charge in [0.25, 0.3) is 0 Å². The smallest absolute Gasteiger partial charge is 0.132 e. The summed E-state index contributed by atoms with van der Waals surface area (Å²) in [5, 5.41) is 0.539. The maximum atomic E-state index is 14.1. The van der Waals surface area contributed by atoms with Crippen molar-refractivity contribution < 1.29 is 9.13 Å². The second kappa shape index (κ2) is 6.54. The Balaban J connectivity index is 2.43. The van der Waals surface area contributed by atoms with Gasteiger partial charge in [-0.1, -0.05) is 23.7 Å². The molecular weight excluding hydrogens is 347 g/mol. The zero-order chi connectivity index (χ0) is 14.7. The Morgan fingerprint density at radius 3 is 2.60 bits per heavy atom. The summed E-state index contributed by atoms with van der Waals surface area (Å²) in [6.45, 7) is 0. The molecule has 0 radical (unpaired) electrons. The number of hydrogen-bond donors (Lipinski definition) is 2. The first-order chi connectivity index (χ1) is 9.56. The highest BCUT2D eigenvalue weighted by Gasteiger charge is 2.18. The molecule has 2 aromatic carbocycles. The van der Waals surface area contributed by atoms with Crippen molar-refractivity contribution in [1.29, 1.82) is 0 Å². The molecule has 0 aliphatic rings. The number of rotatable bonds is 4. The van der Waals surface area contributed by atoms with Gasteiger partial charge in [-0.2, -0.15) is 0 Å². The van der Waals surface area contributed by atoms with Crippen LogP contribution in [0.3, 0.4) is 0 Å². The number of hydrazine groups is 1. The third-order valence-electron chi connectivity index (χ3n) is 2.96. The van der Waals surface area contributed by atoms with Crippen LogP contribution in [0.2, 0.25) is 5.02 Å². The molecule has 0 aliphatic carbocycles. The fourth-order valence-corrected chi connectivity index (χ4v) is 2.36. The van der Waals surface area contributed by atoms with Crippen molar-refractivity contribution in [2.45, 2.75) is 6.04 Å². The molecule has 0 aromatic heterocycles. The van der Waals surface area contributed by atoms with Crippen molar-refractivity contribution in [3.63, 3.8) is 0 Å². The molecule has 106 valence electrons. The van der Waals surface area contributed by atoms with Gasteiger partial charge in [-0.25, -0.2) is 9.82 Å². The van der Waals surface area contributed by atoms with Gasteiger partial charge in [0.1, 0.15) is 11.6 Å². The second-order valence-electron chi connectivity index (χ2n) is 4.16. The summed E-state index contributed by atoms with van der Waals surface area (Å²) in [7, 11) is 1.49. The molecule has 0 bridgehead atoms. The van der Waals surface area contributed by atoms with Gasteiger partial charge in [0.15, 0.2) is 0 Å². The topological polar surface area (TPSA) is 47.3 Å². The van der Waals surface area contributed by atoms with E-state index in [0.29, 0.717) is 16.3 Å². The van der Waals surface area contributed by atoms with Crippen LogP contribution in [-0.2, 0) is 0 Å². The Hall–Kier alpha value is -1.14. The highest BCUT2D eigenvalue weighted by atomic mass is 79.9. The van der Waals surface area contributed by atoms with Gasteiger partial charge < -0.3 is 4.74 Å². The standard InChI is InChI=1S/C14H13BrClFN2O/c1-20-9-3-4-10(13(17)7-9)14(19-18)8-2-5-11(15)12(16)6-8/h2-7,14,19H,18H2,1H3. The van der Waals surface area contributed by atoms with E-state index >= 15 is 0 Å². The predicted molar refractivity (Wildman–Crippen MR) is 81.3 cm³/mol. The summed E-state index contributed by atoms with van der Waals surface area (Å²) in [6.07, 6.45) is 0. The summed E-state index contributed by atoms with van der Waals surface area (Å²) in [4.78, 5) is 0. The number of hydrogen-bond acceptors (Lipinski definition) is 3. The maximum Gasteiger partial charge on any atom is 0.132 e. The first kappa shape index (κ1) is 15.3. The minimum atomic E-state index is -0.494. The van der Waals surface area contributed by atoms with Crippen molar-refractivity contribution >= 4 is 27.5 Å². The highest BCUT2D eigenvalue weighted by molar-refractivity contribution is 9.10. The van der Waals surface area contributed by atoms with E-state index in [1.165, 1.54) is 13.2 Å². The van der Waals surface area contributed by atoms with Crippen LogP contribution < -0.4 is 16.0 Å². The van der Waals surface area contributed by atoms with Gasteiger partial charge >= 0.3 is 0 Å². The van der Waals surface area contributed by atoms with Crippen molar-refractivity contribution in [2.24, 2.45) is 5.84 Å². The SMILES string of the molecule is COc1ccc(C(NN)c2ccc(Br)c(Cl)c2)c(F)c1. The lowest BCUT2D eigenvalue weighted by Crippen LogP contribution is -2.29. The van der Waals surface area contributed by atoms with Gasteiger partial charge in [0.05, 0.1) is 18.2 Å². The molecule has 20 heavy (non-hydrogen) atoms. The van der Waals surface area contributed by atoms with Crippen LogP contribution in [0, 0.1) is 5.82 Å². The summed E-state index contributed by atoms with van der Waals surface area (Å²) in [6, 6.07) is 9.50. The van der Waals surface area contributed by atoms with Gasteiger partial charge in [-0.05, 0) is 39.7 Å². The van der Waals surface area contributed by atoms with Crippen LogP contribution in [0.15, 0.2) is 40.9 Å². The summed E-state index contributed by atoms with van der Waals surface area (Å²) < 4.78 is 19.9. The fraction of sp³-hybridized carbons (Fsp3) is 0.143. The zero-order valence-corrected chi connectivity index (χ0v) is 13.0. The van der Waals surface area contributed by atoms with E-state index in [1.54, 1.807) is 24.3 Å². The molecule has 0 fully saturated rings. The third-order valence-corrected chi connectivity index (χ3v) is 4.19. The average Bonchev–Trinajstić information content (AvgIpc) is 2.45. The van der Waals surface area contributed by atoms with Crippen molar-refractivity contribution in [3.05, 3.63) is 62.8 Å². The second-order valence-corrected chi connectivity index (χ2v) is 5.42. The Morgan fingerprint density at radius 2 is 2.05 bits per heavy atom. The molecule has 0 heterocycles. The molecule has 3 nitrogen and oxygen atoms in total. The van der Waals surface area contributed by atoms with E-state index in [0.717, 1.165) is 10.0 Å². The minimum absolute atomic E-state index is 0.397. The van der Waals surface area contributed by atoms with E-state index in [9.17, 15) is 4.39 Å². The van der Waals surface area contributed by atoms with Crippen LogP contribution >= 0.6 is 27.5 Å². The maximum absolute atomic E-state index is 14.1. The lowest BCUT2D eigenvalue weighted by Gasteiger charge is -2.18. The molecule has 3 N–H and O–H groups in total. The molecule has 1 atom stereocenters. The van der Waals surface area contributed by atoms with E-state index in [-0.39, 0.29) is 0 Å². The van der Waals surface area contributed by atoms with E-state index in [2.05, 4.69) is 21.4 Å². The quantitative estimate of drug-likeness (QED) is 0.645. The molecule has 0 saturated heterocycles. The molecule has 0 amide bonds. The molecule has 2 rings (SSSR count). The van der Waals surface area contributed by atoms with Crippen LogP contribution in [0.25, 0.3) is 0 Å².